The minimum absolute atomic E-state index is 0.261. The second-order valence-corrected chi connectivity index (χ2v) is 5.82. The van der Waals surface area contributed by atoms with Crippen LogP contribution in [0.25, 0.3) is 0 Å². The molecule has 0 spiro atoms. The predicted molar refractivity (Wildman–Crippen MR) is 66.5 cm³/mol. The first kappa shape index (κ1) is 13.7. The fourth-order valence-electron chi connectivity index (χ4n) is 1.27. The van der Waals surface area contributed by atoms with Crippen LogP contribution in [-0.2, 0) is 14.9 Å². The average molecular weight is 256 g/mol. The molecule has 0 saturated carbocycles. The van der Waals surface area contributed by atoms with Crippen molar-refractivity contribution in [2.45, 2.75) is 11.8 Å². The summed E-state index contributed by atoms with van der Waals surface area (Å²) in [7, 11) is 1.10. The molecule has 5 nitrogen and oxygen atoms in total. The average Bonchev–Trinajstić information content (AvgIpc) is 2.29. The highest BCUT2D eigenvalue weighted by Crippen LogP contribution is 2.14. The quantitative estimate of drug-likeness (QED) is 0.603. The number of oxime groups is 1. The molecular formula is C11H16N2O3S. The van der Waals surface area contributed by atoms with Gasteiger partial charge in [-0.1, -0.05) is 17.3 Å². The second-order valence-electron chi connectivity index (χ2n) is 3.67. The lowest BCUT2D eigenvalue weighted by atomic mass is 10.1. The third-order valence-electron chi connectivity index (χ3n) is 2.28. The van der Waals surface area contributed by atoms with Crippen LogP contribution in [0.5, 0.6) is 0 Å². The lowest BCUT2D eigenvalue weighted by molar-refractivity contribution is 0.213. The van der Waals surface area contributed by atoms with Gasteiger partial charge in [-0.2, -0.15) is 0 Å². The Labute approximate surface area is 102 Å². The van der Waals surface area contributed by atoms with Gasteiger partial charge in [0.05, 0.1) is 10.6 Å². The van der Waals surface area contributed by atoms with Gasteiger partial charge in [-0.3, -0.25) is 0 Å². The van der Waals surface area contributed by atoms with Crippen LogP contribution in [0.3, 0.4) is 0 Å². The molecule has 0 aliphatic rings. The van der Waals surface area contributed by atoms with E-state index in [1.165, 1.54) is 25.5 Å². The maximum Gasteiger partial charge on any atom is 0.242 e. The smallest absolute Gasteiger partial charge is 0.242 e. The van der Waals surface area contributed by atoms with Crippen molar-refractivity contribution in [3.8, 4) is 0 Å². The molecule has 17 heavy (non-hydrogen) atoms. The molecule has 0 radical (unpaired) electrons. The van der Waals surface area contributed by atoms with Crippen molar-refractivity contribution in [2.24, 2.45) is 5.16 Å². The molecule has 0 aliphatic carbocycles. The van der Waals surface area contributed by atoms with E-state index >= 15 is 0 Å². The van der Waals surface area contributed by atoms with Gasteiger partial charge in [-0.05, 0) is 24.6 Å². The Kier molecular flexibility index (Phi) is 4.25. The molecule has 94 valence electrons. The van der Waals surface area contributed by atoms with E-state index in [4.69, 9.17) is 0 Å². The van der Waals surface area contributed by atoms with Gasteiger partial charge in [0.25, 0.3) is 0 Å². The monoisotopic (exact) mass is 256 g/mol. The first-order valence-electron chi connectivity index (χ1n) is 5.00. The molecule has 0 aromatic heterocycles. The molecule has 6 heteroatoms. The van der Waals surface area contributed by atoms with Crippen LogP contribution < -0.4 is 0 Å². The molecule has 1 rings (SSSR count). The highest BCUT2D eigenvalue weighted by molar-refractivity contribution is 7.89. The Balaban J connectivity index is 3.09. The zero-order chi connectivity index (χ0) is 13.1. The van der Waals surface area contributed by atoms with Crippen LogP contribution in [0.15, 0.2) is 34.3 Å². The number of benzene rings is 1. The summed E-state index contributed by atoms with van der Waals surface area (Å²) in [5, 5.41) is 3.78. The van der Waals surface area contributed by atoms with Gasteiger partial charge in [0.15, 0.2) is 0 Å². The molecule has 0 N–H and O–H groups in total. The number of hydrogen-bond acceptors (Lipinski definition) is 4. The summed E-state index contributed by atoms with van der Waals surface area (Å²) in [6.07, 6.45) is 0. The first-order valence-corrected chi connectivity index (χ1v) is 6.44. The van der Waals surface area contributed by atoms with E-state index in [1.807, 2.05) is 0 Å². The number of rotatable bonds is 4. The van der Waals surface area contributed by atoms with E-state index < -0.39 is 10.0 Å². The van der Waals surface area contributed by atoms with Crippen molar-refractivity contribution in [3.63, 3.8) is 0 Å². The largest absolute Gasteiger partial charge is 0.399 e. The topological polar surface area (TPSA) is 59.0 Å². The van der Waals surface area contributed by atoms with Gasteiger partial charge in [-0.25, -0.2) is 12.7 Å². The summed E-state index contributed by atoms with van der Waals surface area (Å²) in [5.74, 6) is 0. The van der Waals surface area contributed by atoms with Gasteiger partial charge in [-0.15, -0.1) is 0 Å². The molecule has 0 atom stereocenters. The van der Waals surface area contributed by atoms with Crippen LogP contribution in [0.1, 0.15) is 12.5 Å². The summed E-state index contributed by atoms with van der Waals surface area (Å²) >= 11 is 0. The van der Waals surface area contributed by atoms with Crippen molar-refractivity contribution < 1.29 is 13.3 Å². The Morgan fingerprint density at radius 1 is 1.24 bits per heavy atom. The van der Waals surface area contributed by atoms with Crippen molar-refractivity contribution in [1.29, 1.82) is 0 Å². The summed E-state index contributed by atoms with van der Waals surface area (Å²) in [5.41, 5.74) is 1.52. The van der Waals surface area contributed by atoms with Gasteiger partial charge >= 0.3 is 0 Å². The summed E-state index contributed by atoms with van der Waals surface area (Å²) in [6.45, 7) is 1.79. The third-order valence-corrected chi connectivity index (χ3v) is 4.11. The number of sulfonamides is 1. The Bertz CT molecular complexity index is 504. The van der Waals surface area contributed by atoms with Gasteiger partial charge < -0.3 is 4.84 Å². The molecular weight excluding hydrogens is 240 g/mol. The summed E-state index contributed by atoms with van der Waals surface area (Å²) < 4.78 is 24.8. The molecule has 1 aromatic carbocycles. The highest BCUT2D eigenvalue weighted by Gasteiger charge is 2.16. The first-order chi connectivity index (χ1) is 7.89. The molecule has 0 fully saturated rings. The molecule has 0 saturated heterocycles. The molecule has 0 bridgehead atoms. The van der Waals surface area contributed by atoms with E-state index in [2.05, 4.69) is 9.99 Å². The fraction of sp³-hybridized carbons (Fsp3) is 0.364. The fourth-order valence-corrected chi connectivity index (χ4v) is 2.17. The zero-order valence-electron chi connectivity index (χ0n) is 10.3. The van der Waals surface area contributed by atoms with E-state index in [0.717, 1.165) is 5.56 Å². The van der Waals surface area contributed by atoms with Crippen molar-refractivity contribution in [3.05, 3.63) is 29.8 Å². The van der Waals surface area contributed by atoms with Crippen LogP contribution in [0, 0.1) is 0 Å². The van der Waals surface area contributed by atoms with Crippen molar-refractivity contribution in [1.82, 2.24) is 4.31 Å². The Morgan fingerprint density at radius 2 is 1.76 bits per heavy atom. The summed E-state index contributed by atoms with van der Waals surface area (Å²) in [4.78, 5) is 4.92. The molecule has 0 aliphatic heterocycles. The normalized spacial score (nSPS) is 12.9. The number of nitrogens with zero attached hydrogens (tertiary/aromatic N) is 2. The van der Waals surface area contributed by atoms with Crippen LogP contribution >= 0.6 is 0 Å². The summed E-state index contributed by atoms with van der Waals surface area (Å²) in [6, 6.07) is 6.52. The second kappa shape index (κ2) is 5.29. The van der Waals surface area contributed by atoms with E-state index in [0.29, 0.717) is 5.71 Å². The molecule has 0 heterocycles. The third kappa shape index (κ3) is 3.04. The van der Waals surface area contributed by atoms with E-state index in [9.17, 15) is 8.42 Å². The van der Waals surface area contributed by atoms with E-state index in [1.54, 1.807) is 31.2 Å². The molecule has 0 unspecified atom stereocenters. The SMILES string of the molecule is CO/N=C(\C)c1ccc(S(=O)(=O)N(C)C)cc1. The van der Waals surface area contributed by atoms with Gasteiger partial charge in [0.2, 0.25) is 10.0 Å². The maximum atomic E-state index is 11.8. The lowest BCUT2D eigenvalue weighted by Gasteiger charge is -2.11. The van der Waals surface area contributed by atoms with Gasteiger partial charge in [0, 0.05) is 14.1 Å². The highest BCUT2D eigenvalue weighted by atomic mass is 32.2. The van der Waals surface area contributed by atoms with Crippen LogP contribution in [0.4, 0.5) is 0 Å². The lowest BCUT2D eigenvalue weighted by Crippen LogP contribution is -2.22. The molecule has 0 amide bonds. The van der Waals surface area contributed by atoms with Crippen LogP contribution in [-0.4, -0.2) is 39.6 Å². The zero-order valence-corrected chi connectivity index (χ0v) is 11.2. The van der Waals surface area contributed by atoms with Gasteiger partial charge in [0.1, 0.15) is 7.11 Å². The minimum atomic E-state index is -3.37. The Morgan fingerprint density at radius 3 is 2.18 bits per heavy atom. The van der Waals surface area contributed by atoms with Crippen LogP contribution in [0.2, 0.25) is 0 Å². The van der Waals surface area contributed by atoms with E-state index in [-0.39, 0.29) is 4.90 Å². The minimum Gasteiger partial charge on any atom is -0.399 e. The number of hydrogen-bond donors (Lipinski definition) is 0. The Hall–Kier alpha value is -1.40. The predicted octanol–water partition coefficient (Wildman–Crippen LogP) is 1.31. The standard InChI is InChI=1S/C11H16N2O3S/c1-9(12-16-4)10-5-7-11(8-6-10)17(14,15)13(2)3/h5-8H,1-4H3/b12-9+. The van der Waals surface area contributed by atoms with Crippen molar-refractivity contribution >= 4 is 15.7 Å². The molecule has 1 aromatic rings. The maximum absolute atomic E-state index is 11.8. The van der Waals surface area contributed by atoms with Crippen molar-refractivity contribution in [2.75, 3.05) is 21.2 Å².